The summed E-state index contributed by atoms with van der Waals surface area (Å²) in [4.78, 5) is 2.49. The Hall–Kier alpha value is -3.22. The maximum atomic E-state index is 11.0. The average molecular weight is 502 g/mol. The lowest BCUT2D eigenvalue weighted by molar-refractivity contribution is 0.0672. The first-order valence-corrected chi connectivity index (χ1v) is 13.4. The number of fused-ring (bicyclic) bond motifs is 4. The van der Waals surface area contributed by atoms with Crippen LogP contribution in [0.4, 0.5) is 0 Å². The molecule has 0 amide bonds. The van der Waals surface area contributed by atoms with Gasteiger partial charge in [0.25, 0.3) is 0 Å². The fourth-order valence-corrected chi connectivity index (χ4v) is 5.81. The standard InChI is InChI=1S/C31H35NO5/c1-34-25-16-23-18-29(21-7-9-24(10-8-21)35-15-13-32-11-3-2-4-12-32)37-20-27(23)30-26(19-25)31-22(17-28(30)33)6-5-14-36-31/h6-10,16-17,19,29,33H,2-5,11-15,18,20H2,1H3/t29-/m1/s1. The Morgan fingerprint density at radius 3 is 2.73 bits per heavy atom. The minimum atomic E-state index is -0.0820. The summed E-state index contributed by atoms with van der Waals surface area (Å²) in [5.41, 5.74) is 4.07. The molecule has 3 aliphatic heterocycles. The molecule has 6 heteroatoms. The molecule has 194 valence electrons. The second-order valence-corrected chi connectivity index (χ2v) is 10.2. The van der Waals surface area contributed by atoms with E-state index in [1.54, 1.807) is 13.2 Å². The van der Waals surface area contributed by atoms with E-state index in [1.165, 1.54) is 32.4 Å². The Balaban J connectivity index is 1.22. The van der Waals surface area contributed by atoms with Gasteiger partial charge in [0, 0.05) is 35.4 Å². The number of phenolic OH excluding ortho intramolecular Hbond substituents is 1. The lowest BCUT2D eigenvalue weighted by Gasteiger charge is -2.28. The zero-order chi connectivity index (χ0) is 25.2. The molecule has 0 unspecified atom stereocenters. The van der Waals surface area contributed by atoms with Crippen molar-refractivity contribution in [2.24, 2.45) is 0 Å². The smallest absolute Gasteiger partial charge is 0.134 e. The number of benzene rings is 2. The summed E-state index contributed by atoms with van der Waals surface area (Å²) in [6.07, 6.45) is 11.5. The zero-order valence-electron chi connectivity index (χ0n) is 21.5. The molecule has 3 heterocycles. The Bertz CT molecular complexity index is 1340. The summed E-state index contributed by atoms with van der Waals surface area (Å²) in [5.74, 6) is 2.68. The molecule has 0 radical (unpaired) electrons. The molecular weight excluding hydrogens is 466 g/mol. The number of piperidine rings is 1. The molecule has 2 aromatic rings. The van der Waals surface area contributed by atoms with Gasteiger partial charge in [-0.2, -0.15) is 0 Å². The molecule has 2 fully saturated rings. The van der Waals surface area contributed by atoms with Crippen LogP contribution in [0.1, 0.15) is 49.3 Å². The van der Waals surface area contributed by atoms with E-state index < -0.39 is 0 Å². The highest BCUT2D eigenvalue weighted by atomic mass is 16.5. The van der Waals surface area contributed by atoms with Crippen LogP contribution in [0.15, 0.2) is 47.7 Å². The van der Waals surface area contributed by atoms with Crippen molar-refractivity contribution in [3.63, 3.8) is 0 Å². The molecule has 37 heavy (non-hydrogen) atoms. The van der Waals surface area contributed by atoms with Crippen LogP contribution in [-0.4, -0.2) is 56.6 Å². The molecule has 4 aliphatic rings. The topological polar surface area (TPSA) is 60.4 Å². The van der Waals surface area contributed by atoms with Crippen LogP contribution in [0.3, 0.4) is 0 Å². The van der Waals surface area contributed by atoms with Crippen LogP contribution in [-0.2, 0) is 9.47 Å². The summed E-state index contributed by atoms with van der Waals surface area (Å²) in [6, 6.07) is 10.1. The third-order valence-corrected chi connectivity index (χ3v) is 7.79. The molecule has 1 aliphatic carbocycles. The van der Waals surface area contributed by atoms with Gasteiger partial charge in [0.2, 0.25) is 0 Å². The quantitative estimate of drug-likeness (QED) is 0.644. The zero-order valence-corrected chi connectivity index (χ0v) is 21.5. The summed E-state index contributed by atoms with van der Waals surface area (Å²) in [7, 11) is 1.68. The maximum absolute atomic E-state index is 11.0. The van der Waals surface area contributed by atoms with Gasteiger partial charge < -0.3 is 24.1 Å². The molecule has 0 saturated carbocycles. The van der Waals surface area contributed by atoms with Gasteiger partial charge in [0.15, 0.2) is 0 Å². The molecule has 6 rings (SSSR count). The number of hydrogen-bond donors (Lipinski definition) is 1. The molecule has 2 saturated heterocycles. The fourth-order valence-electron chi connectivity index (χ4n) is 5.81. The number of ether oxygens (including phenoxy) is 4. The van der Waals surface area contributed by atoms with E-state index in [0.717, 1.165) is 62.9 Å². The van der Waals surface area contributed by atoms with Crippen LogP contribution >= 0.6 is 0 Å². The number of phenols is 1. The van der Waals surface area contributed by atoms with Crippen molar-refractivity contribution in [3.8, 4) is 17.2 Å². The molecule has 0 aromatic heterocycles. The van der Waals surface area contributed by atoms with E-state index in [9.17, 15) is 5.11 Å². The van der Waals surface area contributed by atoms with Crippen LogP contribution < -0.4 is 19.9 Å². The number of aromatic hydroxyl groups is 1. The van der Waals surface area contributed by atoms with Crippen molar-refractivity contribution >= 4 is 17.7 Å². The Kier molecular flexibility index (Phi) is 6.94. The predicted octanol–water partition coefficient (Wildman–Crippen LogP) is 4.06. The minimum Gasteiger partial charge on any atom is -0.507 e. The molecule has 0 spiro atoms. The van der Waals surface area contributed by atoms with Gasteiger partial charge in [-0.05, 0) is 73.0 Å². The van der Waals surface area contributed by atoms with Crippen LogP contribution in [0.5, 0.6) is 17.2 Å². The average Bonchev–Trinajstić information content (AvgIpc) is 3.11. The third-order valence-electron chi connectivity index (χ3n) is 7.79. The van der Waals surface area contributed by atoms with Crippen molar-refractivity contribution < 1.29 is 24.1 Å². The van der Waals surface area contributed by atoms with Gasteiger partial charge in [0.1, 0.15) is 29.6 Å². The number of likely N-dealkylation sites (tertiary alicyclic amines) is 1. The molecule has 1 N–H and O–H groups in total. The third kappa shape index (κ3) is 5.00. The number of hydrogen-bond acceptors (Lipinski definition) is 6. The first-order chi connectivity index (χ1) is 18.2. The first kappa shape index (κ1) is 24.1. The summed E-state index contributed by atoms with van der Waals surface area (Å²) < 4.78 is 24.1. The van der Waals surface area contributed by atoms with Gasteiger partial charge in [-0.25, -0.2) is 0 Å². The highest BCUT2D eigenvalue weighted by Gasteiger charge is 2.28. The van der Waals surface area contributed by atoms with Crippen LogP contribution in [0.2, 0.25) is 0 Å². The number of rotatable bonds is 6. The number of methoxy groups -OCH3 is 1. The van der Waals surface area contributed by atoms with E-state index in [-0.39, 0.29) is 11.9 Å². The predicted molar refractivity (Wildman–Crippen MR) is 144 cm³/mol. The SMILES string of the molecule is COC1=Cc2c3c(cc(O)c2=C2CO[C@@H](c4ccc(OCCN5CCCCC5)cc4)CC2=C1)=CCCO3. The van der Waals surface area contributed by atoms with Crippen molar-refractivity contribution in [2.75, 3.05) is 46.6 Å². The van der Waals surface area contributed by atoms with Crippen LogP contribution in [0.25, 0.3) is 17.7 Å². The largest absolute Gasteiger partial charge is 0.507 e. The van der Waals surface area contributed by atoms with Crippen LogP contribution in [0, 0.1) is 0 Å². The number of nitrogens with zero attached hydrogens (tertiary/aromatic N) is 1. The lowest BCUT2D eigenvalue weighted by atomic mass is 9.91. The highest BCUT2D eigenvalue weighted by Crippen LogP contribution is 2.38. The Morgan fingerprint density at radius 1 is 1.08 bits per heavy atom. The summed E-state index contributed by atoms with van der Waals surface area (Å²) in [5, 5.41) is 12.7. The first-order valence-electron chi connectivity index (χ1n) is 13.4. The van der Waals surface area contributed by atoms with Gasteiger partial charge >= 0.3 is 0 Å². The van der Waals surface area contributed by atoms with Crippen molar-refractivity contribution in [1.82, 2.24) is 4.90 Å². The summed E-state index contributed by atoms with van der Waals surface area (Å²) in [6.45, 7) is 5.10. The van der Waals surface area contributed by atoms with Crippen molar-refractivity contribution in [2.45, 2.75) is 38.2 Å². The van der Waals surface area contributed by atoms with Gasteiger partial charge in [-0.15, -0.1) is 0 Å². The lowest BCUT2D eigenvalue weighted by Crippen LogP contribution is -2.33. The van der Waals surface area contributed by atoms with E-state index in [0.29, 0.717) is 26.2 Å². The van der Waals surface area contributed by atoms with E-state index >= 15 is 0 Å². The van der Waals surface area contributed by atoms with Crippen molar-refractivity contribution in [3.05, 3.63) is 69.3 Å². The summed E-state index contributed by atoms with van der Waals surface area (Å²) >= 11 is 0. The van der Waals surface area contributed by atoms with E-state index in [1.807, 2.05) is 18.2 Å². The van der Waals surface area contributed by atoms with Gasteiger partial charge in [0.05, 0.1) is 26.4 Å². The number of allylic oxidation sites excluding steroid dienone is 1. The van der Waals surface area contributed by atoms with E-state index in [4.69, 9.17) is 18.9 Å². The van der Waals surface area contributed by atoms with Crippen molar-refractivity contribution in [1.29, 1.82) is 0 Å². The van der Waals surface area contributed by atoms with Gasteiger partial charge in [-0.3, -0.25) is 4.90 Å². The molecular formula is C31H35NO5. The fraction of sp³-hybridized carbons (Fsp3) is 0.419. The molecule has 0 bridgehead atoms. The molecule has 2 aromatic carbocycles. The van der Waals surface area contributed by atoms with E-state index in [2.05, 4.69) is 29.2 Å². The molecule has 1 atom stereocenters. The Labute approximate surface area is 218 Å². The Morgan fingerprint density at radius 2 is 1.92 bits per heavy atom. The van der Waals surface area contributed by atoms with Gasteiger partial charge in [-0.1, -0.05) is 24.6 Å². The second-order valence-electron chi connectivity index (χ2n) is 10.2. The normalized spacial score (nSPS) is 21.2. The monoisotopic (exact) mass is 501 g/mol. The molecule has 6 nitrogen and oxygen atoms in total. The highest BCUT2D eigenvalue weighted by molar-refractivity contribution is 5.78. The minimum absolute atomic E-state index is 0.0820. The second kappa shape index (κ2) is 10.6. The maximum Gasteiger partial charge on any atom is 0.134 e.